The molecule has 1 fully saturated rings. The van der Waals surface area contributed by atoms with Gasteiger partial charge in [0.25, 0.3) is 0 Å². The molecule has 1 aliphatic heterocycles. The van der Waals surface area contributed by atoms with Crippen LogP contribution in [0, 0.1) is 0 Å². The highest BCUT2D eigenvalue weighted by molar-refractivity contribution is 4.99. The van der Waals surface area contributed by atoms with Gasteiger partial charge in [-0.2, -0.15) is 0 Å². The molecule has 4 heteroatoms. The third-order valence-electron chi connectivity index (χ3n) is 3.31. The predicted octanol–water partition coefficient (Wildman–Crippen LogP) is 1.07. The number of hydrogen-bond acceptors (Lipinski definition) is 4. The lowest BCUT2D eigenvalue weighted by Crippen LogP contribution is -2.26. The fourth-order valence-electron chi connectivity index (χ4n) is 2.25. The van der Waals surface area contributed by atoms with Gasteiger partial charge in [-0.25, -0.2) is 4.98 Å². The molecule has 0 saturated carbocycles. The van der Waals surface area contributed by atoms with Crippen LogP contribution in [0.4, 0.5) is 0 Å². The lowest BCUT2D eigenvalue weighted by molar-refractivity contribution is 0.292. The second kappa shape index (κ2) is 5.46. The first-order chi connectivity index (χ1) is 7.79. The molecule has 1 aromatic rings. The Morgan fingerprint density at radius 2 is 2.50 bits per heavy atom. The maximum atomic E-state index is 5.51. The number of aromatic nitrogens is 1. The lowest BCUT2D eigenvalue weighted by Gasteiger charge is -2.17. The van der Waals surface area contributed by atoms with Gasteiger partial charge in [-0.15, -0.1) is 0 Å². The monoisotopic (exact) mass is 223 g/mol. The number of rotatable bonds is 5. The quantitative estimate of drug-likeness (QED) is 0.811. The van der Waals surface area contributed by atoms with Gasteiger partial charge in [0.05, 0.1) is 5.69 Å². The van der Waals surface area contributed by atoms with E-state index in [-0.39, 0.29) is 0 Å². The summed E-state index contributed by atoms with van der Waals surface area (Å²) in [6, 6.07) is 0.621. The van der Waals surface area contributed by atoms with E-state index >= 15 is 0 Å². The molecule has 0 spiro atoms. The van der Waals surface area contributed by atoms with Gasteiger partial charge in [0.15, 0.2) is 5.89 Å². The molecule has 16 heavy (non-hydrogen) atoms. The van der Waals surface area contributed by atoms with E-state index in [1.54, 1.807) is 6.26 Å². The Bertz CT molecular complexity index is 324. The highest BCUT2D eigenvalue weighted by Gasteiger charge is 2.22. The van der Waals surface area contributed by atoms with Crippen LogP contribution in [-0.4, -0.2) is 43.1 Å². The fourth-order valence-corrected chi connectivity index (χ4v) is 2.25. The first-order valence-corrected chi connectivity index (χ1v) is 6.07. The van der Waals surface area contributed by atoms with E-state index in [2.05, 4.69) is 22.2 Å². The summed E-state index contributed by atoms with van der Waals surface area (Å²) in [5, 5.41) is 3.12. The van der Waals surface area contributed by atoms with E-state index in [9.17, 15) is 0 Å². The summed E-state index contributed by atoms with van der Waals surface area (Å²) < 4.78 is 5.51. The van der Waals surface area contributed by atoms with Gasteiger partial charge in [0.2, 0.25) is 0 Å². The molecule has 1 aromatic heterocycles. The number of hydrogen-bond donors (Lipinski definition) is 1. The van der Waals surface area contributed by atoms with Crippen LogP contribution in [0.1, 0.15) is 24.4 Å². The Balaban J connectivity index is 1.87. The van der Waals surface area contributed by atoms with Crippen molar-refractivity contribution < 1.29 is 4.42 Å². The molecule has 2 heterocycles. The lowest BCUT2D eigenvalue weighted by atomic mass is 10.1. The summed E-state index contributed by atoms with van der Waals surface area (Å²) >= 11 is 0. The Labute approximate surface area is 97.0 Å². The van der Waals surface area contributed by atoms with Crippen molar-refractivity contribution in [1.82, 2.24) is 15.2 Å². The van der Waals surface area contributed by atoms with Crippen LogP contribution in [-0.2, 0) is 12.8 Å². The molecule has 0 amide bonds. The van der Waals surface area contributed by atoms with E-state index < -0.39 is 0 Å². The summed E-state index contributed by atoms with van der Waals surface area (Å²) in [6.45, 7) is 2.16. The summed E-state index contributed by atoms with van der Waals surface area (Å²) in [5.41, 5.74) is 1.06. The Morgan fingerprint density at radius 3 is 3.19 bits per heavy atom. The van der Waals surface area contributed by atoms with Gasteiger partial charge in [0, 0.05) is 25.4 Å². The van der Waals surface area contributed by atoms with Gasteiger partial charge in [0.1, 0.15) is 6.26 Å². The van der Waals surface area contributed by atoms with Crippen molar-refractivity contribution >= 4 is 0 Å². The minimum absolute atomic E-state index is 0.621. The largest absolute Gasteiger partial charge is 0.449 e. The minimum atomic E-state index is 0.621. The number of likely N-dealkylation sites (N-methyl/N-ethyl adjacent to an activating group) is 2. The van der Waals surface area contributed by atoms with E-state index in [0.717, 1.165) is 31.0 Å². The van der Waals surface area contributed by atoms with E-state index in [4.69, 9.17) is 4.42 Å². The average Bonchev–Trinajstić information content (AvgIpc) is 2.87. The van der Waals surface area contributed by atoms with Crippen LogP contribution < -0.4 is 5.32 Å². The summed E-state index contributed by atoms with van der Waals surface area (Å²) in [7, 11) is 4.14. The normalized spacial score (nSPS) is 21.8. The molecule has 0 bridgehead atoms. The molecule has 1 aliphatic rings. The fraction of sp³-hybridized carbons (Fsp3) is 0.750. The first-order valence-electron chi connectivity index (χ1n) is 6.07. The number of oxazole rings is 1. The molecule has 1 unspecified atom stereocenters. The average molecular weight is 223 g/mol. The van der Waals surface area contributed by atoms with Crippen molar-refractivity contribution in [3.05, 3.63) is 17.8 Å². The van der Waals surface area contributed by atoms with E-state index in [0.29, 0.717) is 6.04 Å². The smallest absolute Gasteiger partial charge is 0.195 e. The third-order valence-corrected chi connectivity index (χ3v) is 3.31. The Kier molecular flexibility index (Phi) is 3.96. The standard InChI is InChI=1S/C12H21N3O/c1-13-6-5-10-9-16-12(14-10)8-11-4-3-7-15(11)2/h9,11,13H,3-8H2,1-2H3. The zero-order chi connectivity index (χ0) is 11.4. The van der Waals surface area contributed by atoms with Crippen LogP contribution in [0.15, 0.2) is 10.7 Å². The highest BCUT2D eigenvalue weighted by Crippen LogP contribution is 2.18. The van der Waals surface area contributed by atoms with Crippen LogP contribution in [0.2, 0.25) is 0 Å². The molecular weight excluding hydrogens is 202 g/mol. The maximum Gasteiger partial charge on any atom is 0.195 e. The molecule has 1 atom stereocenters. The van der Waals surface area contributed by atoms with Gasteiger partial charge in [-0.05, 0) is 33.5 Å². The maximum absolute atomic E-state index is 5.51. The van der Waals surface area contributed by atoms with Crippen molar-refractivity contribution in [2.45, 2.75) is 31.7 Å². The summed E-state index contributed by atoms with van der Waals surface area (Å²) in [5.74, 6) is 0.893. The zero-order valence-electron chi connectivity index (χ0n) is 10.2. The Hall–Kier alpha value is -0.870. The number of likely N-dealkylation sites (tertiary alicyclic amines) is 1. The van der Waals surface area contributed by atoms with E-state index in [1.807, 2.05) is 7.05 Å². The first kappa shape index (κ1) is 11.6. The molecule has 0 aliphatic carbocycles. The van der Waals surface area contributed by atoms with Crippen molar-refractivity contribution in [2.24, 2.45) is 0 Å². The minimum Gasteiger partial charge on any atom is -0.449 e. The molecular formula is C12H21N3O. The zero-order valence-corrected chi connectivity index (χ0v) is 10.2. The molecule has 0 radical (unpaired) electrons. The SMILES string of the molecule is CNCCc1coc(CC2CCCN2C)n1. The second-order valence-corrected chi connectivity index (χ2v) is 4.57. The van der Waals surface area contributed by atoms with Crippen LogP contribution in [0.5, 0.6) is 0 Å². The number of nitrogens with one attached hydrogen (secondary N) is 1. The van der Waals surface area contributed by atoms with Gasteiger partial charge in [-0.3, -0.25) is 0 Å². The molecule has 2 rings (SSSR count). The highest BCUT2D eigenvalue weighted by atomic mass is 16.3. The molecule has 0 aromatic carbocycles. The summed E-state index contributed by atoms with van der Waals surface area (Å²) in [6.07, 6.45) is 6.26. The van der Waals surface area contributed by atoms with Gasteiger partial charge < -0.3 is 14.6 Å². The van der Waals surface area contributed by atoms with Crippen LogP contribution in [0.25, 0.3) is 0 Å². The molecule has 1 saturated heterocycles. The second-order valence-electron chi connectivity index (χ2n) is 4.57. The van der Waals surface area contributed by atoms with Gasteiger partial charge in [-0.1, -0.05) is 0 Å². The topological polar surface area (TPSA) is 41.3 Å². The summed E-state index contributed by atoms with van der Waals surface area (Å²) in [4.78, 5) is 6.91. The van der Waals surface area contributed by atoms with Gasteiger partial charge >= 0.3 is 0 Å². The predicted molar refractivity (Wildman–Crippen MR) is 63.5 cm³/mol. The van der Waals surface area contributed by atoms with Crippen LogP contribution in [0.3, 0.4) is 0 Å². The van der Waals surface area contributed by atoms with Crippen molar-refractivity contribution in [1.29, 1.82) is 0 Å². The van der Waals surface area contributed by atoms with E-state index in [1.165, 1.54) is 19.4 Å². The molecule has 1 N–H and O–H groups in total. The Morgan fingerprint density at radius 1 is 1.62 bits per heavy atom. The molecule has 4 nitrogen and oxygen atoms in total. The molecule has 90 valence electrons. The van der Waals surface area contributed by atoms with Crippen LogP contribution >= 0.6 is 0 Å². The number of nitrogens with zero attached hydrogens (tertiary/aromatic N) is 2. The van der Waals surface area contributed by atoms with Crippen molar-refractivity contribution in [3.63, 3.8) is 0 Å². The van der Waals surface area contributed by atoms with Crippen molar-refractivity contribution in [3.8, 4) is 0 Å². The third kappa shape index (κ3) is 2.83. The van der Waals surface area contributed by atoms with Crippen molar-refractivity contribution in [2.75, 3.05) is 27.2 Å².